The van der Waals surface area contributed by atoms with E-state index < -0.39 is 10.0 Å². The number of benzene rings is 1. The summed E-state index contributed by atoms with van der Waals surface area (Å²) < 4.78 is 26.4. The summed E-state index contributed by atoms with van der Waals surface area (Å²) >= 11 is 1.64. The zero-order valence-corrected chi connectivity index (χ0v) is 17.6. The molecule has 1 amide bonds. The van der Waals surface area contributed by atoms with E-state index in [4.69, 9.17) is 0 Å². The van der Waals surface area contributed by atoms with Crippen molar-refractivity contribution in [1.29, 1.82) is 0 Å². The molecule has 0 aliphatic heterocycles. The van der Waals surface area contributed by atoms with Gasteiger partial charge in [-0.1, -0.05) is 26.0 Å². The highest BCUT2D eigenvalue weighted by Gasteiger charge is 2.21. The van der Waals surface area contributed by atoms with Gasteiger partial charge in [0.05, 0.1) is 11.4 Å². The van der Waals surface area contributed by atoms with Crippen LogP contribution in [0.15, 0.2) is 46.0 Å². The predicted octanol–water partition coefficient (Wildman–Crippen LogP) is 2.53. The van der Waals surface area contributed by atoms with Crippen LogP contribution in [0.1, 0.15) is 25.0 Å². The Morgan fingerprint density at radius 1 is 1.07 bits per heavy atom. The Balaban J connectivity index is 1.86. The van der Waals surface area contributed by atoms with Gasteiger partial charge in [-0.25, -0.2) is 8.42 Å². The van der Waals surface area contributed by atoms with E-state index >= 15 is 0 Å². The fourth-order valence-electron chi connectivity index (χ4n) is 2.74. The van der Waals surface area contributed by atoms with Crippen molar-refractivity contribution in [3.05, 3.63) is 52.2 Å². The smallest absolute Gasteiger partial charge is 0.243 e. The van der Waals surface area contributed by atoms with Crippen LogP contribution in [0.3, 0.4) is 0 Å². The molecule has 1 aromatic carbocycles. The molecule has 148 valence electrons. The number of rotatable bonds is 10. The summed E-state index contributed by atoms with van der Waals surface area (Å²) in [6, 6.07) is 8.72. The van der Waals surface area contributed by atoms with Crippen LogP contribution >= 0.6 is 11.3 Å². The average molecular weight is 410 g/mol. The summed E-state index contributed by atoms with van der Waals surface area (Å²) in [5.74, 6) is -0.0624. The molecule has 27 heavy (non-hydrogen) atoms. The molecule has 0 bridgehead atoms. The summed E-state index contributed by atoms with van der Waals surface area (Å²) in [4.78, 5) is 14.3. The number of hydrogen-bond acceptors (Lipinski definition) is 5. The number of likely N-dealkylation sites (N-methyl/N-ethyl adjacent to an activating group) is 1. The van der Waals surface area contributed by atoms with Gasteiger partial charge in [0, 0.05) is 26.2 Å². The zero-order valence-electron chi connectivity index (χ0n) is 16.0. The number of hydrogen-bond donors (Lipinski definition) is 1. The van der Waals surface area contributed by atoms with Crippen molar-refractivity contribution >= 4 is 27.3 Å². The highest BCUT2D eigenvalue weighted by Crippen LogP contribution is 2.16. The Kier molecular flexibility index (Phi) is 7.97. The van der Waals surface area contributed by atoms with E-state index in [1.807, 2.05) is 37.2 Å². The van der Waals surface area contributed by atoms with Crippen molar-refractivity contribution in [3.8, 4) is 0 Å². The number of nitrogens with one attached hydrogen (secondary N) is 1. The molecule has 0 radical (unpaired) electrons. The van der Waals surface area contributed by atoms with Gasteiger partial charge >= 0.3 is 0 Å². The van der Waals surface area contributed by atoms with E-state index in [0.29, 0.717) is 26.2 Å². The van der Waals surface area contributed by atoms with Crippen LogP contribution in [0.2, 0.25) is 0 Å². The monoisotopic (exact) mass is 409 g/mol. The van der Waals surface area contributed by atoms with E-state index in [1.54, 1.807) is 35.6 Å². The van der Waals surface area contributed by atoms with Crippen molar-refractivity contribution in [2.75, 3.05) is 26.7 Å². The second kappa shape index (κ2) is 9.98. The van der Waals surface area contributed by atoms with Crippen molar-refractivity contribution in [3.63, 3.8) is 0 Å². The van der Waals surface area contributed by atoms with Gasteiger partial charge in [-0.05, 0) is 47.1 Å². The van der Waals surface area contributed by atoms with Crippen LogP contribution in [-0.2, 0) is 27.9 Å². The first-order valence-corrected chi connectivity index (χ1v) is 11.3. The van der Waals surface area contributed by atoms with Crippen LogP contribution < -0.4 is 5.32 Å². The maximum absolute atomic E-state index is 12.5. The Morgan fingerprint density at radius 2 is 1.74 bits per heavy atom. The SMILES string of the molecule is CCN(CC)S(=O)(=O)c1ccc(CNC(=O)CN(C)Cc2ccsc2)cc1. The highest BCUT2D eigenvalue weighted by molar-refractivity contribution is 7.89. The first kappa shape index (κ1) is 21.6. The van der Waals surface area contributed by atoms with Gasteiger partial charge in [0.1, 0.15) is 0 Å². The normalized spacial score (nSPS) is 11.9. The molecule has 1 aromatic heterocycles. The van der Waals surface area contributed by atoms with Gasteiger partial charge in [0.25, 0.3) is 0 Å². The number of thiophene rings is 1. The van der Waals surface area contributed by atoms with E-state index in [2.05, 4.69) is 10.7 Å². The summed E-state index contributed by atoms with van der Waals surface area (Å²) in [6.07, 6.45) is 0. The van der Waals surface area contributed by atoms with Crippen molar-refractivity contribution in [2.45, 2.75) is 31.8 Å². The van der Waals surface area contributed by atoms with E-state index in [1.165, 1.54) is 9.87 Å². The third kappa shape index (κ3) is 6.14. The molecule has 0 atom stereocenters. The number of sulfonamides is 1. The standard InChI is InChI=1S/C19H27N3O3S2/c1-4-22(5-2)27(24,25)18-8-6-16(7-9-18)12-20-19(23)14-21(3)13-17-10-11-26-15-17/h6-11,15H,4-5,12-14H2,1-3H3,(H,20,23). The highest BCUT2D eigenvalue weighted by atomic mass is 32.2. The minimum atomic E-state index is -3.45. The Morgan fingerprint density at radius 3 is 2.30 bits per heavy atom. The Labute approximate surface area is 165 Å². The minimum Gasteiger partial charge on any atom is -0.351 e. The topological polar surface area (TPSA) is 69.7 Å². The van der Waals surface area contributed by atoms with Gasteiger partial charge in [-0.15, -0.1) is 0 Å². The van der Waals surface area contributed by atoms with Crippen molar-refractivity contribution < 1.29 is 13.2 Å². The van der Waals surface area contributed by atoms with E-state index in [0.717, 1.165) is 12.1 Å². The van der Waals surface area contributed by atoms with Gasteiger partial charge in [-0.2, -0.15) is 15.6 Å². The number of nitrogens with zero attached hydrogens (tertiary/aromatic N) is 2. The van der Waals surface area contributed by atoms with Crippen LogP contribution in [0.25, 0.3) is 0 Å². The van der Waals surface area contributed by atoms with Gasteiger partial charge < -0.3 is 5.32 Å². The first-order chi connectivity index (χ1) is 12.9. The van der Waals surface area contributed by atoms with Crippen molar-refractivity contribution in [1.82, 2.24) is 14.5 Å². The summed E-state index contributed by atoms with van der Waals surface area (Å²) in [5, 5.41) is 6.97. The molecule has 1 heterocycles. The van der Waals surface area contributed by atoms with Gasteiger partial charge in [0.15, 0.2) is 0 Å². The van der Waals surface area contributed by atoms with Gasteiger partial charge in [0.2, 0.25) is 15.9 Å². The summed E-state index contributed by atoms with van der Waals surface area (Å²) in [6.45, 7) is 5.93. The van der Waals surface area contributed by atoms with Crippen LogP contribution in [0, 0.1) is 0 Å². The maximum Gasteiger partial charge on any atom is 0.243 e. The molecule has 1 N–H and O–H groups in total. The molecular formula is C19H27N3O3S2. The van der Waals surface area contributed by atoms with Gasteiger partial charge in [-0.3, -0.25) is 9.69 Å². The molecule has 0 aliphatic rings. The molecule has 0 fully saturated rings. The van der Waals surface area contributed by atoms with Crippen LogP contribution in [0.5, 0.6) is 0 Å². The second-order valence-corrected chi connectivity index (χ2v) is 9.03. The molecule has 0 saturated heterocycles. The fraction of sp³-hybridized carbons (Fsp3) is 0.421. The van der Waals surface area contributed by atoms with Crippen LogP contribution in [0.4, 0.5) is 0 Å². The Hall–Kier alpha value is -1.74. The largest absolute Gasteiger partial charge is 0.351 e. The second-order valence-electron chi connectivity index (χ2n) is 6.31. The molecule has 8 heteroatoms. The Bertz CT molecular complexity index is 814. The minimum absolute atomic E-state index is 0.0624. The third-order valence-electron chi connectivity index (χ3n) is 4.20. The lowest BCUT2D eigenvalue weighted by Crippen LogP contribution is -2.34. The number of carbonyl (C=O) groups is 1. The zero-order chi connectivity index (χ0) is 19.9. The van der Waals surface area contributed by atoms with E-state index in [-0.39, 0.29) is 10.8 Å². The molecule has 2 rings (SSSR count). The molecule has 0 aliphatic carbocycles. The maximum atomic E-state index is 12.5. The quantitative estimate of drug-likeness (QED) is 0.655. The van der Waals surface area contributed by atoms with E-state index in [9.17, 15) is 13.2 Å². The molecule has 0 spiro atoms. The summed E-state index contributed by atoms with van der Waals surface area (Å²) in [5.41, 5.74) is 2.06. The average Bonchev–Trinajstić information content (AvgIpc) is 3.14. The lowest BCUT2D eigenvalue weighted by Gasteiger charge is -2.18. The lowest BCUT2D eigenvalue weighted by atomic mass is 10.2. The molecule has 0 saturated carbocycles. The number of carbonyl (C=O) groups excluding carboxylic acids is 1. The number of amides is 1. The summed E-state index contributed by atoms with van der Waals surface area (Å²) in [7, 11) is -1.54. The molecular weight excluding hydrogens is 382 g/mol. The van der Waals surface area contributed by atoms with Crippen LogP contribution in [-0.4, -0.2) is 50.2 Å². The first-order valence-electron chi connectivity index (χ1n) is 8.92. The fourth-order valence-corrected chi connectivity index (χ4v) is 4.86. The van der Waals surface area contributed by atoms with Crippen molar-refractivity contribution in [2.24, 2.45) is 0 Å². The predicted molar refractivity (Wildman–Crippen MR) is 109 cm³/mol. The lowest BCUT2D eigenvalue weighted by molar-refractivity contribution is -0.122. The molecule has 0 unspecified atom stereocenters. The molecule has 2 aromatic rings. The third-order valence-corrected chi connectivity index (χ3v) is 7.00. The molecule has 6 nitrogen and oxygen atoms in total.